The number of thiazole rings is 1. The number of aromatic nitrogens is 4. The van der Waals surface area contributed by atoms with E-state index in [1.165, 1.54) is 23.1 Å². The molecule has 38 heavy (non-hydrogen) atoms. The first-order valence-electron chi connectivity index (χ1n) is 12.2. The van der Waals surface area contributed by atoms with Crippen molar-refractivity contribution in [3.8, 4) is 11.3 Å². The number of hydrogen-bond acceptors (Lipinski definition) is 7. The molecule has 2 aromatic carbocycles. The summed E-state index contributed by atoms with van der Waals surface area (Å²) in [7, 11) is 0. The Labute approximate surface area is 230 Å². The standard InChI is InChI=1S/C28H30N6O2S2/c1-5-15-34-25(24(18(2)3)31-26(36)21-13-11-19(4)12-14-21)32-33-28(34)38-17-23(35)30-27-29-22(16-37-27)20-9-7-6-8-10-20/h5-14,16,18,24H,1,15,17H2,2-4H3,(H,31,36)(H,29,30,35)/t24-/m1/s1. The average molecular weight is 547 g/mol. The third-order valence-electron chi connectivity index (χ3n) is 5.75. The molecule has 0 aliphatic carbocycles. The molecule has 4 aromatic rings. The summed E-state index contributed by atoms with van der Waals surface area (Å²) in [6.07, 6.45) is 1.75. The topological polar surface area (TPSA) is 102 Å². The molecule has 0 radical (unpaired) electrons. The van der Waals surface area contributed by atoms with E-state index in [0.29, 0.717) is 28.2 Å². The number of hydrogen-bond donors (Lipinski definition) is 2. The second-order valence-corrected chi connectivity index (χ2v) is 10.8. The highest BCUT2D eigenvalue weighted by Gasteiger charge is 2.26. The first-order valence-corrected chi connectivity index (χ1v) is 14.1. The van der Waals surface area contributed by atoms with Gasteiger partial charge in [0.1, 0.15) is 0 Å². The van der Waals surface area contributed by atoms with E-state index < -0.39 is 0 Å². The molecule has 0 bridgehead atoms. The summed E-state index contributed by atoms with van der Waals surface area (Å²) in [4.78, 5) is 30.1. The zero-order valence-electron chi connectivity index (χ0n) is 21.5. The van der Waals surface area contributed by atoms with Crippen molar-refractivity contribution in [3.05, 3.63) is 89.6 Å². The van der Waals surface area contributed by atoms with Crippen LogP contribution in [0.15, 0.2) is 77.8 Å². The Bertz CT molecular complexity index is 1400. The summed E-state index contributed by atoms with van der Waals surface area (Å²) in [5, 5.41) is 17.7. The van der Waals surface area contributed by atoms with Crippen LogP contribution in [0.1, 0.15) is 41.6 Å². The van der Waals surface area contributed by atoms with Crippen LogP contribution in [0.25, 0.3) is 11.3 Å². The maximum Gasteiger partial charge on any atom is 0.251 e. The lowest BCUT2D eigenvalue weighted by atomic mass is 10.0. The maximum atomic E-state index is 12.9. The van der Waals surface area contributed by atoms with E-state index in [9.17, 15) is 9.59 Å². The number of nitrogens with zero attached hydrogens (tertiary/aromatic N) is 4. The number of aryl methyl sites for hydroxylation is 1. The van der Waals surface area contributed by atoms with Crippen LogP contribution >= 0.6 is 23.1 Å². The summed E-state index contributed by atoms with van der Waals surface area (Å²) in [5.41, 5.74) is 3.49. The van der Waals surface area contributed by atoms with Crippen LogP contribution in [0.3, 0.4) is 0 Å². The summed E-state index contributed by atoms with van der Waals surface area (Å²) in [6.45, 7) is 10.3. The largest absolute Gasteiger partial charge is 0.342 e. The fourth-order valence-corrected chi connectivity index (χ4v) is 5.25. The number of thioether (sulfide) groups is 1. The van der Waals surface area contributed by atoms with Gasteiger partial charge in [-0.15, -0.1) is 28.1 Å². The number of rotatable bonds is 11. The van der Waals surface area contributed by atoms with Gasteiger partial charge in [0.05, 0.1) is 17.5 Å². The van der Waals surface area contributed by atoms with Crippen LogP contribution in [0.2, 0.25) is 0 Å². The number of carbonyl (C=O) groups excluding carboxylic acids is 2. The lowest BCUT2D eigenvalue weighted by molar-refractivity contribution is -0.113. The molecule has 0 spiro atoms. The minimum absolute atomic E-state index is 0.0574. The Morgan fingerprint density at radius 2 is 1.84 bits per heavy atom. The minimum atomic E-state index is -0.369. The smallest absolute Gasteiger partial charge is 0.251 e. The molecule has 1 atom stereocenters. The molecule has 0 aliphatic heterocycles. The predicted molar refractivity (Wildman–Crippen MR) is 153 cm³/mol. The summed E-state index contributed by atoms with van der Waals surface area (Å²) in [6, 6.07) is 16.9. The fourth-order valence-electron chi connectivity index (χ4n) is 3.75. The molecule has 8 nitrogen and oxygen atoms in total. The summed E-state index contributed by atoms with van der Waals surface area (Å²) < 4.78 is 1.89. The molecule has 4 rings (SSSR count). The molecular weight excluding hydrogens is 516 g/mol. The van der Waals surface area contributed by atoms with Crippen LogP contribution in [-0.2, 0) is 11.3 Å². The Morgan fingerprint density at radius 1 is 1.11 bits per heavy atom. The van der Waals surface area contributed by atoms with Gasteiger partial charge >= 0.3 is 0 Å². The van der Waals surface area contributed by atoms with Crippen molar-refractivity contribution in [3.63, 3.8) is 0 Å². The van der Waals surface area contributed by atoms with Crippen LogP contribution in [0.4, 0.5) is 5.13 Å². The number of nitrogens with one attached hydrogen (secondary N) is 2. The van der Waals surface area contributed by atoms with Gasteiger partial charge in [-0.2, -0.15) is 0 Å². The molecule has 2 amide bonds. The monoisotopic (exact) mass is 546 g/mol. The molecule has 0 saturated carbocycles. The van der Waals surface area contributed by atoms with Gasteiger partial charge in [-0.3, -0.25) is 9.59 Å². The predicted octanol–water partition coefficient (Wildman–Crippen LogP) is 5.75. The maximum absolute atomic E-state index is 12.9. The van der Waals surface area contributed by atoms with Gasteiger partial charge in [0.25, 0.3) is 5.91 Å². The second kappa shape index (κ2) is 12.7. The Morgan fingerprint density at radius 3 is 2.53 bits per heavy atom. The molecule has 196 valence electrons. The van der Waals surface area contributed by atoms with Crippen molar-refractivity contribution in [2.24, 2.45) is 5.92 Å². The Hall–Kier alpha value is -3.76. The lowest BCUT2D eigenvalue weighted by Gasteiger charge is -2.22. The van der Waals surface area contributed by atoms with E-state index in [1.807, 2.05) is 85.3 Å². The van der Waals surface area contributed by atoms with Crippen LogP contribution in [0.5, 0.6) is 0 Å². The number of amides is 2. The van der Waals surface area contributed by atoms with Crippen molar-refractivity contribution < 1.29 is 9.59 Å². The SMILES string of the molecule is C=CCn1c(SCC(=O)Nc2nc(-c3ccccc3)cs2)nnc1[C@H](NC(=O)c1ccc(C)cc1)C(C)C. The fraction of sp³-hybridized carbons (Fsp3) is 0.250. The van der Waals surface area contributed by atoms with Crippen molar-refractivity contribution >= 4 is 40.0 Å². The van der Waals surface area contributed by atoms with Gasteiger partial charge in [-0.25, -0.2) is 4.98 Å². The van der Waals surface area contributed by atoms with Gasteiger partial charge in [0.15, 0.2) is 16.1 Å². The molecular formula is C28H30N6O2S2. The van der Waals surface area contributed by atoms with Crippen molar-refractivity contribution in [1.29, 1.82) is 0 Å². The minimum Gasteiger partial charge on any atom is -0.342 e. The number of carbonyl (C=O) groups is 2. The normalized spacial score (nSPS) is 11.8. The van der Waals surface area contributed by atoms with Crippen molar-refractivity contribution in [2.45, 2.75) is 38.5 Å². The molecule has 0 saturated heterocycles. The zero-order valence-corrected chi connectivity index (χ0v) is 23.2. The average Bonchev–Trinajstić information content (AvgIpc) is 3.54. The molecule has 10 heteroatoms. The number of allylic oxidation sites excluding steroid dienone is 1. The highest BCUT2D eigenvalue weighted by Crippen LogP contribution is 2.27. The van der Waals surface area contributed by atoms with E-state index >= 15 is 0 Å². The molecule has 0 fully saturated rings. The lowest BCUT2D eigenvalue weighted by Crippen LogP contribution is -2.33. The van der Waals surface area contributed by atoms with E-state index in [-0.39, 0.29) is 29.5 Å². The van der Waals surface area contributed by atoms with Gasteiger partial charge < -0.3 is 15.2 Å². The van der Waals surface area contributed by atoms with Gasteiger partial charge in [0.2, 0.25) is 5.91 Å². The van der Waals surface area contributed by atoms with E-state index in [4.69, 9.17) is 0 Å². The highest BCUT2D eigenvalue weighted by atomic mass is 32.2. The first kappa shape index (κ1) is 27.3. The van der Waals surface area contributed by atoms with Gasteiger partial charge in [0, 0.05) is 23.1 Å². The van der Waals surface area contributed by atoms with E-state index in [1.54, 1.807) is 6.08 Å². The quantitative estimate of drug-likeness (QED) is 0.183. The molecule has 2 heterocycles. The Kier molecular flexibility index (Phi) is 9.09. The Balaban J connectivity index is 1.43. The number of anilines is 1. The first-order chi connectivity index (χ1) is 18.4. The second-order valence-electron chi connectivity index (χ2n) is 9.04. The number of benzene rings is 2. The third-order valence-corrected chi connectivity index (χ3v) is 7.48. The van der Waals surface area contributed by atoms with Crippen LogP contribution < -0.4 is 10.6 Å². The van der Waals surface area contributed by atoms with E-state index in [2.05, 4.69) is 32.4 Å². The summed E-state index contributed by atoms with van der Waals surface area (Å²) in [5.74, 6) is 0.450. The van der Waals surface area contributed by atoms with Crippen molar-refractivity contribution in [1.82, 2.24) is 25.1 Å². The van der Waals surface area contributed by atoms with Crippen LogP contribution in [-0.4, -0.2) is 37.3 Å². The van der Waals surface area contributed by atoms with Crippen molar-refractivity contribution in [2.75, 3.05) is 11.1 Å². The van der Waals surface area contributed by atoms with Crippen LogP contribution in [0, 0.1) is 12.8 Å². The molecule has 0 aliphatic rings. The third kappa shape index (κ3) is 6.76. The molecule has 0 unspecified atom stereocenters. The molecule has 2 N–H and O–H groups in total. The van der Waals surface area contributed by atoms with Gasteiger partial charge in [-0.1, -0.05) is 79.7 Å². The van der Waals surface area contributed by atoms with Gasteiger partial charge in [-0.05, 0) is 25.0 Å². The highest BCUT2D eigenvalue weighted by molar-refractivity contribution is 7.99. The molecule has 2 aromatic heterocycles. The summed E-state index contributed by atoms with van der Waals surface area (Å²) >= 11 is 2.66. The zero-order chi connectivity index (χ0) is 27.1. The van der Waals surface area contributed by atoms with E-state index in [0.717, 1.165) is 16.8 Å².